The van der Waals surface area contributed by atoms with E-state index < -0.39 is 24.5 Å². The van der Waals surface area contributed by atoms with E-state index in [2.05, 4.69) is 9.47 Å². The van der Waals surface area contributed by atoms with Crippen molar-refractivity contribution in [2.24, 2.45) is 0 Å². The fourth-order valence-corrected chi connectivity index (χ4v) is 0.550. The first kappa shape index (κ1) is 12.3. The molecule has 0 fully saturated rings. The van der Waals surface area contributed by atoms with Gasteiger partial charge in [-0.3, -0.25) is 0 Å². The minimum absolute atomic E-state index is 0.244. The third-order valence-corrected chi connectivity index (χ3v) is 1.23. The van der Waals surface area contributed by atoms with Gasteiger partial charge in [-0.2, -0.15) is 5.11 Å². The molecule has 0 aromatic carbocycles. The van der Waals surface area contributed by atoms with Gasteiger partial charge in [-0.25, -0.2) is 4.79 Å². The summed E-state index contributed by atoms with van der Waals surface area (Å²) in [6, 6.07) is 0. The van der Waals surface area contributed by atoms with Crippen LogP contribution >= 0.6 is 0 Å². The van der Waals surface area contributed by atoms with Crippen molar-refractivity contribution in [2.45, 2.75) is 32.7 Å². The largest absolute Gasteiger partial charge is 0.464 e. The summed E-state index contributed by atoms with van der Waals surface area (Å²) in [7, 11) is 0. The van der Waals surface area contributed by atoms with Gasteiger partial charge in [-0.15, -0.1) is 0 Å². The number of aliphatic hydroxyl groups is 1. The van der Waals surface area contributed by atoms with E-state index in [0.717, 1.165) is 0 Å². The van der Waals surface area contributed by atoms with Crippen molar-refractivity contribution in [3.8, 4) is 0 Å². The van der Waals surface area contributed by atoms with Gasteiger partial charge in [0.25, 0.3) is 0 Å². The molecule has 0 saturated carbocycles. The van der Waals surface area contributed by atoms with E-state index >= 15 is 0 Å². The summed E-state index contributed by atoms with van der Waals surface area (Å²) >= 11 is 0. The fraction of sp³-hybridized carbons (Fsp3) is 0.875. The standard InChI is InChI=1S/C8H15O5/c1-4-12-6(9)5-13-7(10)8(2,3)11/h7,11H,4-5H2,1-3H3. The maximum Gasteiger partial charge on any atom is 0.332 e. The summed E-state index contributed by atoms with van der Waals surface area (Å²) in [4.78, 5) is 10.7. The van der Waals surface area contributed by atoms with E-state index in [0.29, 0.717) is 0 Å². The summed E-state index contributed by atoms with van der Waals surface area (Å²) in [5, 5.41) is 20.1. The van der Waals surface area contributed by atoms with Gasteiger partial charge in [-0.05, 0) is 20.8 Å². The lowest BCUT2D eigenvalue weighted by atomic mass is 10.1. The first-order valence-electron chi connectivity index (χ1n) is 4.03. The van der Waals surface area contributed by atoms with Crippen LogP contribution in [0.3, 0.4) is 0 Å². The highest BCUT2D eigenvalue weighted by molar-refractivity contribution is 5.70. The minimum Gasteiger partial charge on any atom is -0.464 e. The first-order chi connectivity index (χ1) is 5.88. The predicted molar refractivity (Wildman–Crippen MR) is 43.4 cm³/mol. The zero-order chi connectivity index (χ0) is 10.5. The number of carbonyl (C=O) groups is 1. The predicted octanol–water partition coefficient (Wildman–Crippen LogP) is 0.0936. The molecule has 5 heteroatoms. The van der Waals surface area contributed by atoms with Crippen LogP contribution < -0.4 is 0 Å². The van der Waals surface area contributed by atoms with Crippen LogP contribution in [0.2, 0.25) is 0 Å². The number of hydrogen-bond acceptors (Lipinski definition) is 4. The highest BCUT2D eigenvalue weighted by Gasteiger charge is 2.27. The Morgan fingerprint density at radius 3 is 2.46 bits per heavy atom. The smallest absolute Gasteiger partial charge is 0.332 e. The van der Waals surface area contributed by atoms with Crippen molar-refractivity contribution < 1.29 is 24.5 Å². The summed E-state index contributed by atoms with van der Waals surface area (Å²) < 4.78 is 9.06. The van der Waals surface area contributed by atoms with Crippen LogP contribution in [-0.4, -0.2) is 36.2 Å². The summed E-state index contributed by atoms with van der Waals surface area (Å²) in [6.07, 6.45) is -1.64. The van der Waals surface area contributed by atoms with Gasteiger partial charge >= 0.3 is 5.97 Å². The highest BCUT2D eigenvalue weighted by Crippen LogP contribution is 2.09. The van der Waals surface area contributed by atoms with Gasteiger partial charge in [0.1, 0.15) is 12.2 Å². The normalized spacial score (nSPS) is 13.9. The molecule has 0 aliphatic rings. The van der Waals surface area contributed by atoms with Crippen molar-refractivity contribution in [2.75, 3.05) is 13.2 Å². The summed E-state index contributed by atoms with van der Waals surface area (Å²) in [5.74, 6) is -0.604. The Balaban J connectivity index is 3.70. The number of esters is 1. The van der Waals surface area contributed by atoms with Crippen molar-refractivity contribution in [3.05, 3.63) is 0 Å². The molecule has 1 radical (unpaired) electrons. The molecule has 0 rings (SSSR count). The van der Waals surface area contributed by atoms with E-state index in [1.165, 1.54) is 13.8 Å². The Morgan fingerprint density at radius 1 is 1.54 bits per heavy atom. The summed E-state index contributed by atoms with van der Waals surface area (Å²) in [5.41, 5.74) is -1.49. The second kappa shape index (κ2) is 5.16. The van der Waals surface area contributed by atoms with E-state index in [-0.39, 0.29) is 6.61 Å². The van der Waals surface area contributed by atoms with E-state index in [1.807, 2.05) is 0 Å². The molecular formula is C8H15O5. The van der Waals surface area contributed by atoms with Gasteiger partial charge in [0.05, 0.1) is 6.61 Å². The molecule has 0 aromatic heterocycles. The Hall–Kier alpha value is -0.650. The molecule has 0 aliphatic heterocycles. The molecule has 0 aromatic rings. The van der Waals surface area contributed by atoms with Crippen molar-refractivity contribution in [1.82, 2.24) is 0 Å². The second-order valence-electron chi connectivity index (χ2n) is 3.10. The van der Waals surface area contributed by atoms with Crippen LogP contribution in [0.1, 0.15) is 20.8 Å². The lowest BCUT2D eigenvalue weighted by Gasteiger charge is -2.21. The average Bonchev–Trinajstić information content (AvgIpc) is 1.99. The average molecular weight is 191 g/mol. The molecule has 0 amide bonds. The molecule has 1 atom stereocenters. The molecule has 0 spiro atoms. The van der Waals surface area contributed by atoms with Crippen LogP contribution in [0.15, 0.2) is 0 Å². The molecule has 5 nitrogen and oxygen atoms in total. The fourth-order valence-electron chi connectivity index (χ4n) is 0.550. The maximum atomic E-state index is 11.0. The van der Waals surface area contributed by atoms with E-state index in [4.69, 9.17) is 5.11 Å². The molecule has 0 heterocycles. The molecule has 13 heavy (non-hydrogen) atoms. The number of ether oxygens (including phenoxy) is 2. The summed E-state index contributed by atoms with van der Waals surface area (Å²) in [6.45, 7) is 4.11. The Kier molecular flexibility index (Phi) is 4.90. The lowest BCUT2D eigenvalue weighted by molar-refractivity contribution is -0.231. The third-order valence-electron chi connectivity index (χ3n) is 1.23. The third kappa shape index (κ3) is 5.57. The van der Waals surface area contributed by atoms with Crippen LogP contribution in [0.25, 0.3) is 0 Å². The quantitative estimate of drug-likeness (QED) is 0.493. The van der Waals surface area contributed by atoms with E-state index in [1.54, 1.807) is 6.92 Å². The van der Waals surface area contributed by atoms with Crippen LogP contribution in [-0.2, 0) is 19.4 Å². The molecule has 77 valence electrons. The first-order valence-corrected chi connectivity index (χ1v) is 4.03. The van der Waals surface area contributed by atoms with Gasteiger partial charge < -0.3 is 14.6 Å². The molecule has 0 bridgehead atoms. The zero-order valence-electron chi connectivity index (χ0n) is 8.07. The Labute approximate surface area is 77.3 Å². The molecule has 1 N–H and O–H groups in total. The molecule has 0 saturated heterocycles. The molecular weight excluding hydrogens is 176 g/mol. The lowest BCUT2D eigenvalue weighted by Crippen LogP contribution is -2.38. The SMILES string of the molecule is CCOC(=O)COC([O])C(C)(C)O. The highest BCUT2D eigenvalue weighted by atomic mass is 16.6. The van der Waals surface area contributed by atoms with Crippen molar-refractivity contribution in [1.29, 1.82) is 0 Å². The second-order valence-corrected chi connectivity index (χ2v) is 3.10. The molecule has 1 unspecified atom stereocenters. The van der Waals surface area contributed by atoms with Crippen LogP contribution in [0, 0.1) is 0 Å². The Morgan fingerprint density at radius 2 is 2.08 bits per heavy atom. The number of rotatable bonds is 5. The van der Waals surface area contributed by atoms with E-state index in [9.17, 15) is 9.90 Å². The minimum atomic E-state index is -1.64. The zero-order valence-corrected chi connectivity index (χ0v) is 8.07. The van der Waals surface area contributed by atoms with Crippen molar-refractivity contribution in [3.63, 3.8) is 0 Å². The van der Waals surface area contributed by atoms with Crippen molar-refractivity contribution >= 4 is 5.97 Å². The maximum absolute atomic E-state index is 11.0. The number of carbonyl (C=O) groups excluding carboxylic acids is 1. The monoisotopic (exact) mass is 191 g/mol. The van der Waals surface area contributed by atoms with Crippen LogP contribution in [0.4, 0.5) is 0 Å². The van der Waals surface area contributed by atoms with Gasteiger partial charge in [0.15, 0.2) is 0 Å². The molecule has 0 aliphatic carbocycles. The van der Waals surface area contributed by atoms with Gasteiger partial charge in [0.2, 0.25) is 6.29 Å². The Bertz CT molecular complexity index is 160. The van der Waals surface area contributed by atoms with Gasteiger partial charge in [-0.1, -0.05) is 0 Å². The topological polar surface area (TPSA) is 75.7 Å². The van der Waals surface area contributed by atoms with Gasteiger partial charge in [0, 0.05) is 0 Å². The number of hydrogen-bond donors (Lipinski definition) is 1. The van der Waals surface area contributed by atoms with Crippen LogP contribution in [0.5, 0.6) is 0 Å².